The standard InChI is InChI=1S/C12H23NO4/c1-8(2)10(4-5-14)13-11(15)6-9(3)7-12(16)17/h8-10,14H,4-7H2,1-3H3,(H,13,15)(H,16,17). The maximum Gasteiger partial charge on any atom is 0.303 e. The molecule has 0 radical (unpaired) electrons. The minimum atomic E-state index is -0.888. The van der Waals surface area contributed by atoms with Crippen LogP contribution in [0.5, 0.6) is 0 Å². The van der Waals surface area contributed by atoms with E-state index < -0.39 is 5.97 Å². The average molecular weight is 245 g/mol. The van der Waals surface area contributed by atoms with E-state index in [-0.39, 0.29) is 43.2 Å². The Labute approximate surface area is 102 Å². The number of hydrogen-bond acceptors (Lipinski definition) is 3. The molecule has 0 aliphatic rings. The minimum absolute atomic E-state index is 0.000233. The molecule has 0 fully saturated rings. The topological polar surface area (TPSA) is 86.6 Å². The summed E-state index contributed by atoms with van der Waals surface area (Å²) < 4.78 is 0. The molecule has 0 saturated carbocycles. The van der Waals surface area contributed by atoms with Crippen LogP contribution in [-0.4, -0.2) is 34.7 Å². The SMILES string of the molecule is CC(CC(=O)O)CC(=O)NC(CCO)C(C)C. The fourth-order valence-electron chi connectivity index (χ4n) is 1.66. The molecule has 0 bridgehead atoms. The molecule has 0 aliphatic heterocycles. The van der Waals surface area contributed by atoms with Crippen LogP contribution < -0.4 is 5.32 Å². The number of rotatable bonds is 8. The molecule has 5 nitrogen and oxygen atoms in total. The molecule has 0 spiro atoms. The summed E-state index contributed by atoms with van der Waals surface area (Å²) >= 11 is 0. The zero-order chi connectivity index (χ0) is 13.4. The molecule has 0 saturated heterocycles. The van der Waals surface area contributed by atoms with Gasteiger partial charge in [-0.1, -0.05) is 20.8 Å². The number of carboxylic acid groups (broad SMARTS) is 1. The van der Waals surface area contributed by atoms with Crippen molar-refractivity contribution in [2.45, 2.75) is 46.1 Å². The fourth-order valence-corrected chi connectivity index (χ4v) is 1.66. The third-order valence-electron chi connectivity index (χ3n) is 2.65. The lowest BCUT2D eigenvalue weighted by atomic mass is 9.99. The van der Waals surface area contributed by atoms with E-state index in [1.807, 2.05) is 13.8 Å². The van der Waals surface area contributed by atoms with Crippen LogP contribution in [0, 0.1) is 11.8 Å². The molecule has 3 N–H and O–H groups in total. The minimum Gasteiger partial charge on any atom is -0.481 e. The fraction of sp³-hybridized carbons (Fsp3) is 0.833. The monoisotopic (exact) mass is 245 g/mol. The molecule has 0 aliphatic carbocycles. The highest BCUT2D eigenvalue weighted by Gasteiger charge is 2.18. The van der Waals surface area contributed by atoms with E-state index in [9.17, 15) is 9.59 Å². The van der Waals surface area contributed by atoms with Crippen LogP contribution in [0.1, 0.15) is 40.0 Å². The van der Waals surface area contributed by atoms with Crippen molar-refractivity contribution in [1.82, 2.24) is 5.32 Å². The summed E-state index contributed by atoms with van der Waals surface area (Å²) in [5.41, 5.74) is 0. The third-order valence-corrected chi connectivity index (χ3v) is 2.65. The molecule has 0 aromatic heterocycles. The second kappa shape index (κ2) is 8.06. The lowest BCUT2D eigenvalue weighted by Gasteiger charge is -2.22. The Balaban J connectivity index is 4.09. The molecule has 0 heterocycles. The van der Waals surface area contributed by atoms with E-state index in [2.05, 4.69) is 5.32 Å². The maximum atomic E-state index is 11.6. The van der Waals surface area contributed by atoms with E-state index in [0.29, 0.717) is 6.42 Å². The van der Waals surface area contributed by atoms with Crippen molar-refractivity contribution in [2.75, 3.05) is 6.61 Å². The Morgan fingerprint density at radius 2 is 1.76 bits per heavy atom. The van der Waals surface area contributed by atoms with Gasteiger partial charge in [0.15, 0.2) is 0 Å². The number of amides is 1. The number of hydrogen-bond donors (Lipinski definition) is 3. The molecular formula is C12H23NO4. The Morgan fingerprint density at radius 1 is 1.18 bits per heavy atom. The largest absolute Gasteiger partial charge is 0.481 e. The van der Waals surface area contributed by atoms with Gasteiger partial charge in [-0.2, -0.15) is 0 Å². The molecule has 0 aromatic rings. The Morgan fingerprint density at radius 3 is 2.18 bits per heavy atom. The zero-order valence-corrected chi connectivity index (χ0v) is 10.8. The van der Waals surface area contributed by atoms with Crippen LogP contribution in [0.25, 0.3) is 0 Å². The van der Waals surface area contributed by atoms with Gasteiger partial charge in [-0.25, -0.2) is 0 Å². The highest BCUT2D eigenvalue weighted by molar-refractivity contribution is 5.77. The van der Waals surface area contributed by atoms with E-state index in [0.717, 1.165) is 0 Å². The smallest absolute Gasteiger partial charge is 0.303 e. The first-order valence-corrected chi connectivity index (χ1v) is 5.98. The molecular weight excluding hydrogens is 222 g/mol. The number of nitrogens with one attached hydrogen (secondary N) is 1. The number of carbonyl (C=O) groups is 2. The van der Waals surface area contributed by atoms with E-state index in [1.165, 1.54) is 0 Å². The number of aliphatic hydroxyl groups is 1. The quantitative estimate of drug-likeness (QED) is 0.595. The molecule has 17 heavy (non-hydrogen) atoms. The molecule has 1 amide bonds. The van der Waals surface area contributed by atoms with Gasteiger partial charge in [-0.15, -0.1) is 0 Å². The van der Waals surface area contributed by atoms with Gasteiger partial charge in [0.25, 0.3) is 0 Å². The van der Waals surface area contributed by atoms with Crippen LogP contribution >= 0.6 is 0 Å². The van der Waals surface area contributed by atoms with Crippen molar-refractivity contribution in [3.63, 3.8) is 0 Å². The van der Waals surface area contributed by atoms with Crippen LogP contribution in [0.2, 0.25) is 0 Å². The van der Waals surface area contributed by atoms with Crippen LogP contribution in [0.15, 0.2) is 0 Å². The van der Waals surface area contributed by atoms with Crippen molar-refractivity contribution >= 4 is 11.9 Å². The van der Waals surface area contributed by atoms with Crippen molar-refractivity contribution in [1.29, 1.82) is 0 Å². The lowest BCUT2D eigenvalue weighted by molar-refractivity contribution is -0.138. The molecule has 0 aromatic carbocycles. The van der Waals surface area contributed by atoms with E-state index in [4.69, 9.17) is 10.2 Å². The van der Waals surface area contributed by atoms with Gasteiger partial charge in [0.05, 0.1) is 0 Å². The molecule has 0 rings (SSSR count). The van der Waals surface area contributed by atoms with Gasteiger partial charge in [0.1, 0.15) is 0 Å². The van der Waals surface area contributed by atoms with Gasteiger partial charge in [-0.3, -0.25) is 9.59 Å². The number of aliphatic carboxylic acids is 1. The predicted octanol–water partition coefficient (Wildman–Crippen LogP) is 1.01. The number of carbonyl (C=O) groups excluding carboxylic acids is 1. The van der Waals surface area contributed by atoms with Gasteiger partial charge in [-0.05, 0) is 18.3 Å². The first-order chi connectivity index (χ1) is 7.86. The zero-order valence-electron chi connectivity index (χ0n) is 10.8. The summed E-state index contributed by atoms with van der Waals surface area (Å²) in [7, 11) is 0. The van der Waals surface area contributed by atoms with Crippen molar-refractivity contribution < 1.29 is 19.8 Å². The van der Waals surface area contributed by atoms with Crippen molar-refractivity contribution in [3.8, 4) is 0 Å². The molecule has 5 heteroatoms. The van der Waals surface area contributed by atoms with Gasteiger partial charge in [0, 0.05) is 25.5 Å². The van der Waals surface area contributed by atoms with Crippen molar-refractivity contribution in [2.24, 2.45) is 11.8 Å². The van der Waals surface area contributed by atoms with Crippen LogP contribution in [-0.2, 0) is 9.59 Å². The summed E-state index contributed by atoms with van der Waals surface area (Å²) in [6, 6.07) is -0.0514. The Kier molecular flexibility index (Phi) is 7.54. The Hall–Kier alpha value is -1.10. The van der Waals surface area contributed by atoms with Crippen LogP contribution in [0.4, 0.5) is 0 Å². The van der Waals surface area contributed by atoms with Crippen LogP contribution in [0.3, 0.4) is 0 Å². The lowest BCUT2D eigenvalue weighted by Crippen LogP contribution is -2.39. The number of carboxylic acids is 1. The summed E-state index contributed by atoms with van der Waals surface area (Å²) in [5, 5.41) is 20.3. The van der Waals surface area contributed by atoms with Gasteiger partial charge >= 0.3 is 5.97 Å². The maximum absolute atomic E-state index is 11.6. The first kappa shape index (κ1) is 15.9. The highest BCUT2D eigenvalue weighted by atomic mass is 16.4. The molecule has 100 valence electrons. The normalized spacial score (nSPS) is 14.4. The first-order valence-electron chi connectivity index (χ1n) is 5.98. The molecule has 2 atom stereocenters. The second-order valence-corrected chi connectivity index (χ2v) is 4.84. The van der Waals surface area contributed by atoms with E-state index >= 15 is 0 Å². The summed E-state index contributed by atoms with van der Waals surface area (Å²) in [6.45, 7) is 5.72. The summed E-state index contributed by atoms with van der Waals surface area (Å²) in [6.07, 6.45) is 0.734. The summed E-state index contributed by atoms with van der Waals surface area (Å²) in [4.78, 5) is 22.1. The third kappa shape index (κ3) is 7.74. The molecule has 2 unspecified atom stereocenters. The number of aliphatic hydroxyl groups excluding tert-OH is 1. The van der Waals surface area contributed by atoms with Gasteiger partial charge in [0.2, 0.25) is 5.91 Å². The average Bonchev–Trinajstić information content (AvgIpc) is 2.14. The van der Waals surface area contributed by atoms with E-state index in [1.54, 1.807) is 6.92 Å². The highest BCUT2D eigenvalue weighted by Crippen LogP contribution is 2.10. The second-order valence-electron chi connectivity index (χ2n) is 4.84. The Bertz CT molecular complexity index is 253. The predicted molar refractivity (Wildman–Crippen MR) is 64.5 cm³/mol. The van der Waals surface area contributed by atoms with Crippen molar-refractivity contribution in [3.05, 3.63) is 0 Å². The summed E-state index contributed by atoms with van der Waals surface area (Å²) in [5.74, 6) is -0.956. The van der Waals surface area contributed by atoms with Gasteiger partial charge < -0.3 is 15.5 Å².